The molecule has 1 aromatic heterocycles. The van der Waals surface area contributed by atoms with Crippen LogP contribution in [0.25, 0.3) is 0 Å². The monoisotopic (exact) mass is 260 g/mol. The minimum atomic E-state index is -0.0451. The van der Waals surface area contributed by atoms with Crippen molar-refractivity contribution in [2.45, 2.75) is 38.9 Å². The molecule has 1 aromatic carbocycles. The van der Waals surface area contributed by atoms with Gasteiger partial charge in [0.15, 0.2) is 6.61 Å². The van der Waals surface area contributed by atoms with Gasteiger partial charge in [-0.05, 0) is 25.3 Å². The Kier molecular flexibility index (Phi) is 3.21. The first kappa shape index (κ1) is 12.2. The molecule has 2 aromatic rings. The number of aromatic nitrogens is 2. The van der Waals surface area contributed by atoms with Crippen LogP contribution in [0.15, 0.2) is 22.7 Å². The van der Waals surface area contributed by atoms with Gasteiger partial charge in [0.05, 0.1) is 6.61 Å². The molecule has 1 heterocycles. The minimum absolute atomic E-state index is 0.0451. The van der Waals surface area contributed by atoms with E-state index in [0.717, 1.165) is 24.0 Å². The summed E-state index contributed by atoms with van der Waals surface area (Å²) in [5, 5.41) is 13.2. The third-order valence-corrected chi connectivity index (χ3v) is 3.22. The van der Waals surface area contributed by atoms with E-state index in [1.165, 1.54) is 0 Å². The van der Waals surface area contributed by atoms with E-state index in [2.05, 4.69) is 10.1 Å². The predicted molar refractivity (Wildman–Crippen MR) is 67.7 cm³/mol. The van der Waals surface area contributed by atoms with Crippen LogP contribution in [0.1, 0.15) is 41.6 Å². The zero-order chi connectivity index (χ0) is 13.2. The fraction of sp³-hybridized carbons (Fsp3) is 0.429. The quantitative estimate of drug-likeness (QED) is 0.893. The summed E-state index contributed by atoms with van der Waals surface area (Å²) in [4.78, 5) is 4.31. The number of rotatable bonds is 5. The normalized spacial score (nSPS) is 14.6. The van der Waals surface area contributed by atoms with E-state index in [9.17, 15) is 5.11 Å². The van der Waals surface area contributed by atoms with Crippen molar-refractivity contribution in [1.29, 1.82) is 0 Å². The van der Waals surface area contributed by atoms with Crippen molar-refractivity contribution >= 4 is 0 Å². The van der Waals surface area contributed by atoms with Gasteiger partial charge >= 0.3 is 0 Å². The van der Waals surface area contributed by atoms with Crippen molar-refractivity contribution in [2.24, 2.45) is 0 Å². The molecule has 0 amide bonds. The lowest BCUT2D eigenvalue weighted by molar-refractivity contribution is 0.251. The van der Waals surface area contributed by atoms with Crippen LogP contribution in [0, 0.1) is 6.92 Å². The number of aliphatic hydroxyl groups is 1. The third kappa shape index (κ3) is 2.61. The lowest BCUT2D eigenvalue weighted by atomic mass is 10.1. The van der Waals surface area contributed by atoms with E-state index in [0.29, 0.717) is 23.4 Å². The highest BCUT2D eigenvalue weighted by Gasteiger charge is 2.29. The van der Waals surface area contributed by atoms with Crippen molar-refractivity contribution in [2.75, 3.05) is 0 Å². The summed E-state index contributed by atoms with van der Waals surface area (Å²) < 4.78 is 10.9. The second kappa shape index (κ2) is 5.01. The van der Waals surface area contributed by atoms with E-state index in [1.54, 1.807) is 0 Å². The number of hydrogen-bond acceptors (Lipinski definition) is 5. The molecular formula is C14H16N2O3. The number of nitrogens with zero attached hydrogens (tertiary/aromatic N) is 2. The topological polar surface area (TPSA) is 68.4 Å². The van der Waals surface area contributed by atoms with Crippen molar-refractivity contribution in [3.05, 3.63) is 41.0 Å². The second-order valence-corrected chi connectivity index (χ2v) is 4.83. The third-order valence-electron chi connectivity index (χ3n) is 3.22. The highest BCUT2D eigenvalue weighted by molar-refractivity contribution is 5.40. The fourth-order valence-electron chi connectivity index (χ4n) is 2.00. The lowest BCUT2D eigenvalue weighted by Gasteiger charge is -2.11. The van der Waals surface area contributed by atoms with Gasteiger partial charge in [-0.3, -0.25) is 0 Å². The first-order valence-electron chi connectivity index (χ1n) is 6.42. The zero-order valence-electron chi connectivity index (χ0n) is 10.8. The number of benzene rings is 1. The van der Waals surface area contributed by atoms with Gasteiger partial charge in [0.2, 0.25) is 11.7 Å². The van der Waals surface area contributed by atoms with E-state index >= 15 is 0 Å². The van der Waals surface area contributed by atoms with Crippen LogP contribution in [-0.4, -0.2) is 15.2 Å². The van der Waals surface area contributed by atoms with Crippen LogP contribution < -0.4 is 4.74 Å². The zero-order valence-corrected chi connectivity index (χ0v) is 10.8. The number of aryl methyl sites for hydroxylation is 1. The molecule has 1 saturated carbocycles. The fourth-order valence-corrected chi connectivity index (χ4v) is 2.00. The van der Waals surface area contributed by atoms with Gasteiger partial charge in [-0.1, -0.05) is 23.4 Å². The van der Waals surface area contributed by atoms with Gasteiger partial charge in [0, 0.05) is 11.5 Å². The van der Waals surface area contributed by atoms with Gasteiger partial charge in [-0.15, -0.1) is 0 Å². The number of aliphatic hydroxyl groups excluding tert-OH is 1. The van der Waals surface area contributed by atoms with Crippen molar-refractivity contribution in [3.63, 3.8) is 0 Å². The van der Waals surface area contributed by atoms with E-state index in [-0.39, 0.29) is 13.2 Å². The average molecular weight is 260 g/mol. The Morgan fingerprint density at radius 1 is 1.42 bits per heavy atom. The summed E-state index contributed by atoms with van der Waals surface area (Å²) in [5.74, 6) is 2.41. The van der Waals surface area contributed by atoms with Crippen molar-refractivity contribution < 1.29 is 14.4 Å². The Labute approximate surface area is 111 Å². The van der Waals surface area contributed by atoms with Crippen molar-refractivity contribution in [1.82, 2.24) is 10.1 Å². The molecule has 100 valence electrons. The van der Waals surface area contributed by atoms with Gasteiger partial charge in [-0.25, -0.2) is 0 Å². The summed E-state index contributed by atoms with van der Waals surface area (Å²) in [6.45, 7) is 2.16. The molecule has 0 radical (unpaired) electrons. The number of ether oxygens (including phenoxy) is 1. The highest BCUT2D eigenvalue weighted by Crippen LogP contribution is 2.38. The summed E-state index contributed by atoms with van der Waals surface area (Å²) in [6.07, 6.45) is 2.27. The smallest absolute Gasteiger partial charge is 0.229 e. The van der Waals surface area contributed by atoms with Crippen LogP contribution >= 0.6 is 0 Å². The molecule has 0 aliphatic heterocycles. The maximum atomic E-state index is 9.30. The molecule has 1 aliphatic rings. The average Bonchev–Trinajstić information content (AvgIpc) is 3.17. The SMILES string of the molecule is Cc1cccc(CO)c1OCc1noc(C2CC2)n1. The molecule has 0 unspecified atom stereocenters. The largest absolute Gasteiger partial charge is 0.485 e. The van der Waals surface area contributed by atoms with E-state index in [4.69, 9.17) is 9.26 Å². The van der Waals surface area contributed by atoms with Crippen LogP contribution in [0.2, 0.25) is 0 Å². The summed E-state index contributed by atoms with van der Waals surface area (Å²) in [5.41, 5.74) is 1.75. The molecule has 1 aliphatic carbocycles. The highest BCUT2D eigenvalue weighted by atomic mass is 16.5. The molecule has 5 nitrogen and oxygen atoms in total. The molecule has 19 heavy (non-hydrogen) atoms. The maximum Gasteiger partial charge on any atom is 0.229 e. The molecule has 0 spiro atoms. The predicted octanol–water partition coefficient (Wildman–Crippen LogP) is 2.33. The Balaban J connectivity index is 1.71. The molecule has 1 fully saturated rings. The Morgan fingerprint density at radius 3 is 3.00 bits per heavy atom. The van der Waals surface area contributed by atoms with Crippen LogP contribution in [-0.2, 0) is 13.2 Å². The van der Waals surface area contributed by atoms with Crippen molar-refractivity contribution in [3.8, 4) is 5.75 Å². The second-order valence-electron chi connectivity index (χ2n) is 4.83. The molecule has 3 rings (SSSR count). The van der Waals surface area contributed by atoms with Gasteiger partial charge in [-0.2, -0.15) is 4.98 Å². The Hall–Kier alpha value is -1.88. The standard InChI is InChI=1S/C14H16N2O3/c1-9-3-2-4-11(7-17)13(9)18-8-12-15-14(19-16-12)10-5-6-10/h2-4,10,17H,5-8H2,1H3. The minimum Gasteiger partial charge on any atom is -0.485 e. The molecule has 1 N–H and O–H groups in total. The Bertz CT molecular complexity index is 576. The van der Waals surface area contributed by atoms with Crippen LogP contribution in [0.5, 0.6) is 5.75 Å². The molecule has 0 atom stereocenters. The first-order chi connectivity index (χ1) is 9.28. The number of hydrogen-bond donors (Lipinski definition) is 1. The first-order valence-corrected chi connectivity index (χ1v) is 6.42. The molecule has 0 bridgehead atoms. The van der Waals surface area contributed by atoms with Gasteiger partial charge in [0.25, 0.3) is 0 Å². The maximum absolute atomic E-state index is 9.30. The number of para-hydroxylation sites is 1. The molecule has 5 heteroatoms. The van der Waals surface area contributed by atoms with Gasteiger partial charge in [0.1, 0.15) is 5.75 Å². The van der Waals surface area contributed by atoms with Gasteiger partial charge < -0.3 is 14.4 Å². The van der Waals surface area contributed by atoms with Crippen LogP contribution in [0.4, 0.5) is 0 Å². The summed E-state index contributed by atoms with van der Waals surface area (Å²) in [7, 11) is 0. The molecule has 0 saturated heterocycles. The lowest BCUT2D eigenvalue weighted by Crippen LogP contribution is -2.02. The Morgan fingerprint density at radius 2 is 2.26 bits per heavy atom. The summed E-state index contributed by atoms with van der Waals surface area (Å²) >= 11 is 0. The van der Waals surface area contributed by atoms with E-state index in [1.807, 2.05) is 25.1 Å². The van der Waals surface area contributed by atoms with E-state index < -0.39 is 0 Å². The van der Waals surface area contributed by atoms with Crippen LogP contribution in [0.3, 0.4) is 0 Å². The summed E-state index contributed by atoms with van der Waals surface area (Å²) in [6, 6.07) is 5.68. The molecular weight excluding hydrogens is 244 g/mol.